The lowest BCUT2D eigenvalue weighted by molar-refractivity contribution is -0.140. The number of benzene rings is 2. The van der Waals surface area contributed by atoms with Crippen LogP contribution in [0.4, 0.5) is 0 Å². The number of ketones is 1. The summed E-state index contributed by atoms with van der Waals surface area (Å²) in [6.07, 6.45) is 0.715. The summed E-state index contributed by atoms with van der Waals surface area (Å²) < 4.78 is 16.0. The highest BCUT2D eigenvalue weighted by atomic mass is 16.5. The van der Waals surface area contributed by atoms with E-state index in [0.29, 0.717) is 43.2 Å². The zero-order valence-corrected chi connectivity index (χ0v) is 19.5. The zero-order chi connectivity index (χ0) is 24.1. The number of carbonyl (C=O) groups is 2. The summed E-state index contributed by atoms with van der Waals surface area (Å²) in [5, 5.41) is 11.2. The van der Waals surface area contributed by atoms with Crippen LogP contribution in [-0.2, 0) is 14.3 Å². The molecular formula is C26H30N2O6. The number of nitrogens with zero attached hydrogens (tertiary/aromatic N) is 2. The Morgan fingerprint density at radius 1 is 1.00 bits per heavy atom. The van der Waals surface area contributed by atoms with Crippen molar-refractivity contribution in [1.82, 2.24) is 9.80 Å². The predicted molar refractivity (Wildman–Crippen MR) is 127 cm³/mol. The molecule has 0 saturated carbocycles. The summed E-state index contributed by atoms with van der Waals surface area (Å²) in [4.78, 5) is 30.1. The molecule has 1 N–H and O–H groups in total. The first kappa shape index (κ1) is 23.8. The fraction of sp³-hybridized carbons (Fsp3) is 0.385. The van der Waals surface area contributed by atoms with Crippen LogP contribution in [0.1, 0.15) is 23.6 Å². The number of amides is 1. The number of carbonyl (C=O) groups excluding carboxylic acids is 2. The minimum Gasteiger partial charge on any atom is -0.507 e. The molecule has 0 aliphatic carbocycles. The van der Waals surface area contributed by atoms with E-state index in [9.17, 15) is 14.7 Å². The van der Waals surface area contributed by atoms with E-state index in [4.69, 9.17) is 14.2 Å². The molecule has 2 fully saturated rings. The average Bonchev–Trinajstić information content (AvgIpc) is 3.14. The molecular weight excluding hydrogens is 436 g/mol. The van der Waals surface area contributed by atoms with Crippen LogP contribution in [0.5, 0.6) is 11.5 Å². The molecule has 2 aromatic carbocycles. The molecule has 4 rings (SSSR count). The van der Waals surface area contributed by atoms with Gasteiger partial charge in [0.2, 0.25) is 0 Å². The third-order valence-corrected chi connectivity index (χ3v) is 6.29. The fourth-order valence-corrected chi connectivity index (χ4v) is 4.52. The molecule has 8 nitrogen and oxygen atoms in total. The Kier molecular flexibility index (Phi) is 7.49. The maximum Gasteiger partial charge on any atom is 0.295 e. The van der Waals surface area contributed by atoms with E-state index in [1.54, 1.807) is 23.1 Å². The number of rotatable bonds is 8. The highest BCUT2D eigenvalue weighted by Gasteiger charge is 2.45. The summed E-state index contributed by atoms with van der Waals surface area (Å²) >= 11 is 0. The van der Waals surface area contributed by atoms with Crippen LogP contribution in [0.3, 0.4) is 0 Å². The van der Waals surface area contributed by atoms with E-state index < -0.39 is 17.7 Å². The molecule has 2 heterocycles. The van der Waals surface area contributed by atoms with E-state index in [-0.39, 0.29) is 11.3 Å². The highest BCUT2D eigenvalue weighted by molar-refractivity contribution is 6.46. The van der Waals surface area contributed by atoms with Crippen LogP contribution in [0.25, 0.3) is 5.76 Å². The Bertz CT molecular complexity index is 1060. The molecule has 0 aromatic heterocycles. The molecule has 0 radical (unpaired) electrons. The second-order valence-corrected chi connectivity index (χ2v) is 8.28. The maximum atomic E-state index is 13.2. The van der Waals surface area contributed by atoms with Crippen molar-refractivity contribution in [3.8, 4) is 11.5 Å². The van der Waals surface area contributed by atoms with E-state index in [0.717, 1.165) is 25.2 Å². The van der Waals surface area contributed by atoms with Crippen molar-refractivity contribution in [1.29, 1.82) is 0 Å². The molecule has 2 aromatic rings. The topological polar surface area (TPSA) is 88.5 Å². The van der Waals surface area contributed by atoms with Gasteiger partial charge in [-0.15, -0.1) is 0 Å². The average molecular weight is 467 g/mol. The van der Waals surface area contributed by atoms with Crippen LogP contribution in [0.15, 0.2) is 54.1 Å². The van der Waals surface area contributed by atoms with Gasteiger partial charge in [-0.1, -0.05) is 30.3 Å². The van der Waals surface area contributed by atoms with Gasteiger partial charge < -0.3 is 24.2 Å². The third-order valence-electron chi connectivity index (χ3n) is 6.29. The zero-order valence-electron chi connectivity index (χ0n) is 19.5. The first-order chi connectivity index (χ1) is 16.5. The minimum atomic E-state index is -0.687. The number of hydrogen-bond donors (Lipinski definition) is 1. The van der Waals surface area contributed by atoms with Crippen LogP contribution in [-0.4, -0.2) is 80.2 Å². The van der Waals surface area contributed by atoms with E-state index >= 15 is 0 Å². The summed E-state index contributed by atoms with van der Waals surface area (Å²) in [5.41, 5.74) is 1.23. The van der Waals surface area contributed by atoms with Crippen molar-refractivity contribution in [2.45, 2.75) is 12.5 Å². The number of likely N-dealkylation sites (tertiary alicyclic amines) is 1. The summed E-state index contributed by atoms with van der Waals surface area (Å²) in [6, 6.07) is 13.6. The van der Waals surface area contributed by atoms with E-state index in [1.807, 2.05) is 30.3 Å². The molecule has 0 spiro atoms. The highest BCUT2D eigenvalue weighted by Crippen LogP contribution is 2.40. The van der Waals surface area contributed by atoms with Gasteiger partial charge in [-0.3, -0.25) is 14.5 Å². The number of morpholine rings is 1. The first-order valence-corrected chi connectivity index (χ1v) is 11.4. The molecule has 2 saturated heterocycles. The van der Waals surface area contributed by atoms with Crippen molar-refractivity contribution >= 4 is 17.4 Å². The second-order valence-electron chi connectivity index (χ2n) is 8.28. The third kappa shape index (κ3) is 4.78. The number of ether oxygens (including phenoxy) is 3. The van der Waals surface area contributed by atoms with Crippen LogP contribution < -0.4 is 9.47 Å². The standard InChI is InChI=1S/C26H30N2O6/c1-32-20-10-9-19(17-21(20)33-2)24(29)22-23(18-7-4-3-5-8-18)28(26(31)25(22)30)12-6-11-27-13-15-34-16-14-27/h3-5,7-10,17,23,29H,6,11-16H2,1-2H3/b24-22-. The monoisotopic (exact) mass is 466 g/mol. The maximum absolute atomic E-state index is 13.2. The van der Waals surface area contributed by atoms with Gasteiger partial charge in [-0.05, 0) is 30.2 Å². The van der Waals surface area contributed by atoms with E-state index in [2.05, 4.69) is 4.90 Å². The normalized spacial score (nSPS) is 20.5. The molecule has 8 heteroatoms. The van der Waals surface area contributed by atoms with Crippen molar-refractivity contribution in [2.24, 2.45) is 0 Å². The van der Waals surface area contributed by atoms with E-state index in [1.165, 1.54) is 14.2 Å². The van der Waals surface area contributed by atoms with Gasteiger partial charge in [-0.2, -0.15) is 0 Å². The predicted octanol–water partition coefficient (Wildman–Crippen LogP) is 2.85. The molecule has 34 heavy (non-hydrogen) atoms. The van der Waals surface area contributed by atoms with Gasteiger partial charge in [0.15, 0.2) is 11.5 Å². The van der Waals surface area contributed by atoms with Gasteiger partial charge >= 0.3 is 0 Å². The lowest BCUT2D eigenvalue weighted by Gasteiger charge is -2.29. The SMILES string of the molecule is COc1ccc(/C(O)=C2/C(=O)C(=O)N(CCCN3CCOCC3)C2c2ccccc2)cc1OC. The largest absolute Gasteiger partial charge is 0.507 e. The lowest BCUT2D eigenvalue weighted by Crippen LogP contribution is -2.38. The smallest absolute Gasteiger partial charge is 0.295 e. The van der Waals surface area contributed by atoms with Gasteiger partial charge in [-0.25, -0.2) is 0 Å². The molecule has 1 amide bonds. The molecule has 1 atom stereocenters. The van der Waals surface area contributed by atoms with Gasteiger partial charge in [0.1, 0.15) is 5.76 Å². The fourth-order valence-electron chi connectivity index (χ4n) is 4.52. The Hall–Kier alpha value is -3.36. The molecule has 0 bridgehead atoms. The second kappa shape index (κ2) is 10.7. The molecule has 180 valence electrons. The number of aliphatic hydroxyl groups excluding tert-OH is 1. The number of methoxy groups -OCH3 is 2. The van der Waals surface area contributed by atoms with Crippen LogP contribution >= 0.6 is 0 Å². The first-order valence-electron chi connectivity index (χ1n) is 11.4. The summed E-state index contributed by atoms with van der Waals surface area (Å²) in [6.45, 7) is 4.36. The van der Waals surface area contributed by atoms with Crippen LogP contribution in [0.2, 0.25) is 0 Å². The molecule has 2 aliphatic rings. The Morgan fingerprint density at radius 3 is 2.38 bits per heavy atom. The summed E-state index contributed by atoms with van der Waals surface area (Å²) in [7, 11) is 3.02. The number of aliphatic hydroxyl groups is 1. The van der Waals surface area contributed by atoms with Crippen molar-refractivity contribution in [2.75, 3.05) is 53.6 Å². The number of hydrogen-bond acceptors (Lipinski definition) is 7. The lowest BCUT2D eigenvalue weighted by atomic mass is 9.95. The Balaban J connectivity index is 1.67. The quantitative estimate of drug-likeness (QED) is 0.364. The van der Waals surface area contributed by atoms with Gasteiger partial charge in [0.05, 0.1) is 39.0 Å². The Labute approximate surface area is 199 Å². The number of Topliss-reactive ketones (excluding diaryl/α,β-unsaturated/α-hetero) is 1. The van der Waals surface area contributed by atoms with Gasteiger partial charge in [0, 0.05) is 31.7 Å². The van der Waals surface area contributed by atoms with Crippen molar-refractivity contribution in [3.05, 3.63) is 65.2 Å². The Morgan fingerprint density at radius 2 is 1.71 bits per heavy atom. The summed E-state index contributed by atoms with van der Waals surface area (Å²) in [5.74, 6) is -0.598. The van der Waals surface area contributed by atoms with Crippen molar-refractivity contribution in [3.63, 3.8) is 0 Å². The minimum absolute atomic E-state index is 0.0785. The van der Waals surface area contributed by atoms with Crippen LogP contribution in [0, 0.1) is 0 Å². The molecule has 1 unspecified atom stereocenters. The molecule has 2 aliphatic heterocycles. The van der Waals surface area contributed by atoms with Gasteiger partial charge in [0.25, 0.3) is 11.7 Å². The van der Waals surface area contributed by atoms with Crippen molar-refractivity contribution < 1.29 is 28.9 Å².